The minimum absolute atomic E-state index is 0.444. The van der Waals surface area contributed by atoms with Crippen molar-refractivity contribution in [3.05, 3.63) is 81.8 Å². The Bertz CT molecular complexity index is 945. The van der Waals surface area contributed by atoms with Gasteiger partial charge in [-0.05, 0) is 60.5 Å². The number of halogens is 2. The first-order chi connectivity index (χ1) is 14.1. The van der Waals surface area contributed by atoms with Gasteiger partial charge in [0.15, 0.2) is 11.5 Å². The summed E-state index contributed by atoms with van der Waals surface area (Å²) in [7, 11) is 1.60. The van der Waals surface area contributed by atoms with Crippen molar-refractivity contribution < 1.29 is 14.2 Å². The lowest BCUT2D eigenvalue weighted by molar-refractivity contribution is 0.269. The van der Waals surface area contributed by atoms with Gasteiger partial charge >= 0.3 is 0 Å². The molecule has 152 valence electrons. The molecule has 0 unspecified atom stereocenters. The van der Waals surface area contributed by atoms with Gasteiger partial charge < -0.3 is 19.5 Å². The summed E-state index contributed by atoms with van der Waals surface area (Å²) in [6.07, 6.45) is 0. The Balaban J connectivity index is 1.66. The van der Waals surface area contributed by atoms with E-state index in [-0.39, 0.29) is 0 Å². The van der Waals surface area contributed by atoms with E-state index in [9.17, 15) is 0 Å². The average molecular weight is 432 g/mol. The van der Waals surface area contributed by atoms with Crippen molar-refractivity contribution in [2.45, 2.75) is 20.1 Å². The predicted molar refractivity (Wildman–Crippen MR) is 119 cm³/mol. The number of ether oxygens (including phenoxy) is 3. The Hall–Kier alpha value is -2.56. The minimum Gasteiger partial charge on any atom is -0.495 e. The predicted octanol–water partition coefficient (Wildman–Crippen LogP) is 6.59. The third-order valence-corrected chi connectivity index (χ3v) is 4.81. The van der Waals surface area contributed by atoms with Crippen LogP contribution in [0.5, 0.6) is 17.2 Å². The molecular formula is C23H23Cl2NO3. The van der Waals surface area contributed by atoms with E-state index in [0.717, 1.165) is 16.8 Å². The highest BCUT2D eigenvalue weighted by molar-refractivity contribution is 6.32. The van der Waals surface area contributed by atoms with E-state index >= 15 is 0 Å². The zero-order valence-corrected chi connectivity index (χ0v) is 17.9. The van der Waals surface area contributed by atoms with Crippen LogP contribution in [0.4, 0.5) is 5.69 Å². The lowest BCUT2D eigenvalue weighted by atomic mass is 10.2. The third kappa shape index (κ3) is 5.96. The van der Waals surface area contributed by atoms with Crippen molar-refractivity contribution in [2.75, 3.05) is 19.0 Å². The maximum atomic E-state index is 6.18. The maximum Gasteiger partial charge on any atom is 0.161 e. The smallest absolute Gasteiger partial charge is 0.161 e. The molecule has 6 heteroatoms. The number of benzene rings is 3. The van der Waals surface area contributed by atoms with Crippen molar-refractivity contribution >= 4 is 28.9 Å². The largest absolute Gasteiger partial charge is 0.495 e. The second-order valence-electron chi connectivity index (χ2n) is 6.33. The summed E-state index contributed by atoms with van der Waals surface area (Å²) >= 11 is 12.1. The summed E-state index contributed by atoms with van der Waals surface area (Å²) in [5.74, 6) is 2.07. The van der Waals surface area contributed by atoms with Crippen LogP contribution in [0.1, 0.15) is 18.1 Å². The molecule has 0 heterocycles. The average Bonchev–Trinajstić information content (AvgIpc) is 2.73. The second-order valence-corrected chi connectivity index (χ2v) is 7.18. The van der Waals surface area contributed by atoms with Gasteiger partial charge in [0.1, 0.15) is 12.4 Å². The van der Waals surface area contributed by atoms with Crippen molar-refractivity contribution in [3.63, 3.8) is 0 Å². The molecule has 0 bridgehead atoms. The summed E-state index contributed by atoms with van der Waals surface area (Å²) in [4.78, 5) is 0. The van der Waals surface area contributed by atoms with Crippen LogP contribution in [0.3, 0.4) is 0 Å². The number of hydrogen-bond donors (Lipinski definition) is 1. The highest BCUT2D eigenvalue weighted by Crippen LogP contribution is 2.31. The molecule has 3 aromatic rings. The quantitative estimate of drug-likeness (QED) is 0.414. The SMILES string of the molecule is CCOc1cc(CNc2ccc(OC)c(Cl)c2)ccc1OCc1ccc(Cl)cc1. The summed E-state index contributed by atoms with van der Waals surface area (Å²) in [6.45, 7) is 3.58. The Morgan fingerprint density at radius 2 is 1.52 bits per heavy atom. The third-order valence-electron chi connectivity index (χ3n) is 4.26. The van der Waals surface area contributed by atoms with Gasteiger partial charge in [-0.1, -0.05) is 41.4 Å². The van der Waals surface area contributed by atoms with E-state index in [0.29, 0.717) is 47.1 Å². The second kappa shape index (κ2) is 10.3. The van der Waals surface area contributed by atoms with Crippen molar-refractivity contribution in [2.24, 2.45) is 0 Å². The minimum atomic E-state index is 0.444. The molecule has 1 N–H and O–H groups in total. The molecule has 0 saturated carbocycles. The van der Waals surface area contributed by atoms with Crippen LogP contribution < -0.4 is 19.5 Å². The standard InChI is InChI=1S/C23H23Cl2NO3/c1-3-28-23-12-17(14-26-19-9-11-21(27-2)20(25)13-19)6-10-22(23)29-15-16-4-7-18(24)8-5-16/h4-13,26H,3,14-15H2,1-2H3. The van der Waals surface area contributed by atoms with E-state index in [1.54, 1.807) is 7.11 Å². The van der Waals surface area contributed by atoms with Crippen LogP contribution >= 0.6 is 23.2 Å². The first kappa shape index (κ1) is 21.2. The summed E-state index contributed by atoms with van der Waals surface area (Å²) in [5, 5.41) is 4.63. The van der Waals surface area contributed by atoms with Gasteiger partial charge in [-0.15, -0.1) is 0 Å². The molecule has 0 radical (unpaired) electrons. The van der Waals surface area contributed by atoms with Crippen LogP contribution in [0.2, 0.25) is 10.0 Å². The first-order valence-corrected chi connectivity index (χ1v) is 10.0. The van der Waals surface area contributed by atoms with Crippen molar-refractivity contribution in [3.8, 4) is 17.2 Å². The Kier molecular flexibility index (Phi) is 7.50. The van der Waals surface area contributed by atoms with Crippen molar-refractivity contribution in [1.82, 2.24) is 0 Å². The summed E-state index contributed by atoms with van der Waals surface area (Å²) in [5.41, 5.74) is 3.02. The lowest BCUT2D eigenvalue weighted by Crippen LogP contribution is -2.03. The lowest BCUT2D eigenvalue weighted by Gasteiger charge is -2.14. The number of nitrogens with one attached hydrogen (secondary N) is 1. The molecule has 0 atom stereocenters. The van der Waals surface area contributed by atoms with Crippen LogP contribution in [-0.2, 0) is 13.2 Å². The van der Waals surface area contributed by atoms with E-state index in [1.807, 2.05) is 67.6 Å². The summed E-state index contributed by atoms with van der Waals surface area (Å²) < 4.78 is 16.9. The number of anilines is 1. The molecule has 0 aliphatic carbocycles. The van der Waals surface area contributed by atoms with E-state index in [4.69, 9.17) is 37.4 Å². The zero-order valence-electron chi connectivity index (χ0n) is 16.4. The van der Waals surface area contributed by atoms with Gasteiger partial charge in [0, 0.05) is 17.3 Å². The molecular weight excluding hydrogens is 409 g/mol. The molecule has 4 nitrogen and oxygen atoms in total. The summed E-state index contributed by atoms with van der Waals surface area (Å²) in [6, 6.07) is 19.1. The van der Waals surface area contributed by atoms with Crippen LogP contribution in [-0.4, -0.2) is 13.7 Å². The van der Waals surface area contributed by atoms with Crippen LogP contribution in [0.25, 0.3) is 0 Å². The highest BCUT2D eigenvalue weighted by atomic mass is 35.5. The fourth-order valence-electron chi connectivity index (χ4n) is 2.77. The molecule has 0 saturated heterocycles. The molecule has 0 amide bonds. The van der Waals surface area contributed by atoms with Gasteiger partial charge in [0.05, 0.1) is 18.7 Å². The molecule has 3 rings (SSSR count). The van der Waals surface area contributed by atoms with E-state index in [1.165, 1.54) is 0 Å². The Labute approximate surface area is 181 Å². The highest BCUT2D eigenvalue weighted by Gasteiger charge is 2.08. The monoisotopic (exact) mass is 431 g/mol. The fourth-order valence-corrected chi connectivity index (χ4v) is 3.16. The molecule has 0 aromatic heterocycles. The van der Waals surface area contributed by atoms with Gasteiger partial charge in [-0.2, -0.15) is 0 Å². The van der Waals surface area contributed by atoms with Gasteiger partial charge in [-0.3, -0.25) is 0 Å². The molecule has 0 aliphatic rings. The zero-order chi connectivity index (χ0) is 20.6. The molecule has 0 aliphatic heterocycles. The Morgan fingerprint density at radius 3 is 2.21 bits per heavy atom. The van der Waals surface area contributed by atoms with E-state index < -0.39 is 0 Å². The number of hydrogen-bond acceptors (Lipinski definition) is 4. The molecule has 3 aromatic carbocycles. The van der Waals surface area contributed by atoms with Crippen molar-refractivity contribution in [1.29, 1.82) is 0 Å². The van der Waals surface area contributed by atoms with Crippen LogP contribution in [0.15, 0.2) is 60.7 Å². The van der Waals surface area contributed by atoms with Crippen LogP contribution in [0, 0.1) is 0 Å². The first-order valence-electron chi connectivity index (χ1n) is 9.29. The molecule has 0 spiro atoms. The molecule has 29 heavy (non-hydrogen) atoms. The Morgan fingerprint density at radius 1 is 0.793 bits per heavy atom. The molecule has 0 fully saturated rings. The topological polar surface area (TPSA) is 39.7 Å². The normalized spacial score (nSPS) is 10.5. The number of methoxy groups -OCH3 is 1. The maximum absolute atomic E-state index is 6.18. The fraction of sp³-hybridized carbons (Fsp3) is 0.217. The van der Waals surface area contributed by atoms with Gasteiger partial charge in [-0.25, -0.2) is 0 Å². The van der Waals surface area contributed by atoms with E-state index in [2.05, 4.69) is 5.32 Å². The number of rotatable bonds is 9. The van der Waals surface area contributed by atoms with Gasteiger partial charge in [0.25, 0.3) is 0 Å². The van der Waals surface area contributed by atoms with Gasteiger partial charge in [0.2, 0.25) is 0 Å².